The van der Waals surface area contributed by atoms with Gasteiger partial charge >= 0.3 is 0 Å². The third kappa shape index (κ3) is 1.72. The summed E-state index contributed by atoms with van der Waals surface area (Å²) in [6.45, 7) is 2.61. The fourth-order valence-electron chi connectivity index (χ4n) is 2.58. The van der Waals surface area contributed by atoms with Gasteiger partial charge in [0, 0.05) is 25.7 Å². The Morgan fingerprint density at radius 2 is 2.38 bits per heavy atom. The van der Waals surface area contributed by atoms with Crippen molar-refractivity contribution in [2.75, 3.05) is 19.6 Å². The van der Waals surface area contributed by atoms with Gasteiger partial charge in [-0.15, -0.1) is 0 Å². The van der Waals surface area contributed by atoms with Gasteiger partial charge in [0.2, 0.25) is 0 Å². The molecule has 0 spiro atoms. The molecule has 2 bridgehead atoms. The zero-order chi connectivity index (χ0) is 11.1. The highest BCUT2D eigenvalue weighted by molar-refractivity contribution is 6.29. The first-order valence-electron chi connectivity index (χ1n) is 5.50. The molecule has 2 saturated heterocycles. The topological polar surface area (TPSA) is 45.5 Å². The molecule has 1 N–H and O–H groups in total. The zero-order valence-electron chi connectivity index (χ0n) is 8.78. The van der Waals surface area contributed by atoms with Crippen LogP contribution in [-0.2, 0) is 0 Å². The van der Waals surface area contributed by atoms with Gasteiger partial charge in [-0.05, 0) is 36.1 Å². The fraction of sp³-hybridized carbons (Fsp3) is 0.545. The van der Waals surface area contributed by atoms with E-state index in [1.165, 1.54) is 6.42 Å². The molecule has 2 fully saturated rings. The maximum Gasteiger partial charge on any atom is 0.289 e. The Morgan fingerprint density at radius 3 is 3.06 bits per heavy atom. The first-order chi connectivity index (χ1) is 7.72. The smallest absolute Gasteiger partial charge is 0.289 e. The summed E-state index contributed by atoms with van der Waals surface area (Å²) in [5.41, 5.74) is 0. The number of nitrogens with one attached hydrogen (secondary N) is 1. The average Bonchev–Trinajstić information content (AvgIpc) is 2.84. The molecule has 0 aliphatic carbocycles. The van der Waals surface area contributed by atoms with E-state index in [2.05, 4.69) is 5.32 Å². The van der Waals surface area contributed by atoms with Crippen molar-refractivity contribution in [3.8, 4) is 0 Å². The minimum Gasteiger partial charge on any atom is -0.440 e. The number of hydrogen-bond donors (Lipinski definition) is 1. The second kappa shape index (κ2) is 3.79. The summed E-state index contributed by atoms with van der Waals surface area (Å²) in [4.78, 5) is 13.9. The van der Waals surface area contributed by atoms with Crippen molar-refractivity contribution in [1.29, 1.82) is 0 Å². The Kier molecular flexibility index (Phi) is 2.41. The molecule has 4 nitrogen and oxygen atoms in total. The van der Waals surface area contributed by atoms with Crippen LogP contribution >= 0.6 is 11.6 Å². The monoisotopic (exact) mass is 240 g/mol. The second-order valence-corrected chi connectivity index (χ2v) is 4.89. The lowest BCUT2D eigenvalue weighted by molar-refractivity contribution is 0.0659. The number of piperidine rings is 1. The molecule has 2 aliphatic rings. The van der Waals surface area contributed by atoms with Crippen molar-refractivity contribution < 1.29 is 9.21 Å². The third-order valence-electron chi connectivity index (χ3n) is 3.30. The van der Waals surface area contributed by atoms with E-state index >= 15 is 0 Å². The van der Waals surface area contributed by atoms with E-state index < -0.39 is 0 Å². The molecular formula is C11H13ClN2O2. The molecule has 3 heterocycles. The van der Waals surface area contributed by atoms with Crippen molar-refractivity contribution in [2.45, 2.75) is 12.5 Å². The van der Waals surface area contributed by atoms with E-state index in [1.54, 1.807) is 12.1 Å². The summed E-state index contributed by atoms with van der Waals surface area (Å²) < 4.78 is 5.14. The molecule has 0 saturated carbocycles. The first kappa shape index (κ1) is 10.2. The van der Waals surface area contributed by atoms with Crippen LogP contribution in [0.3, 0.4) is 0 Å². The Balaban J connectivity index is 1.76. The normalized spacial score (nSPS) is 28.4. The fourth-order valence-corrected chi connectivity index (χ4v) is 2.73. The van der Waals surface area contributed by atoms with E-state index in [1.807, 2.05) is 4.90 Å². The molecule has 0 unspecified atom stereocenters. The number of furan rings is 1. The molecule has 86 valence electrons. The molecular weight excluding hydrogens is 228 g/mol. The molecule has 1 aromatic heterocycles. The number of fused-ring (bicyclic) bond motifs is 2. The number of carbonyl (C=O) groups is 1. The number of hydrogen-bond acceptors (Lipinski definition) is 3. The highest BCUT2D eigenvalue weighted by Crippen LogP contribution is 2.24. The van der Waals surface area contributed by atoms with Crippen LogP contribution in [0, 0.1) is 5.92 Å². The summed E-state index contributed by atoms with van der Waals surface area (Å²) in [6.07, 6.45) is 1.18. The number of rotatable bonds is 1. The number of amides is 1. The largest absolute Gasteiger partial charge is 0.440 e. The Hall–Kier alpha value is -1.00. The van der Waals surface area contributed by atoms with Gasteiger partial charge in [-0.3, -0.25) is 4.79 Å². The molecule has 0 aromatic carbocycles. The van der Waals surface area contributed by atoms with Gasteiger partial charge in [-0.25, -0.2) is 0 Å². The van der Waals surface area contributed by atoms with Crippen molar-refractivity contribution in [3.05, 3.63) is 23.1 Å². The standard InChI is InChI=1S/C11H13ClN2O2/c12-10-2-1-9(16-10)11(15)14-5-7-3-8(6-14)13-4-7/h1-2,7-8,13H,3-6H2/t7-,8-/m1/s1. The molecule has 2 atom stereocenters. The van der Waals surface area contributed by atoms with Gasteiger partial charge < -0.3 is 14.6 Å². The maximum absolute atomic E-state index is 12.1. The van der Waals surface area contributed by atoms with E-state index in [9.17, 15) is 4.79 Å². The lowest BCUT2D eigenvalue weighted by atomic mass is 10.00. The molecule has 2 aliphatic heterocycles. The lowest BCUT2D eigenvalue weighted by Gasteiger charge is -2.30. The van der Waals surface area contributed by atoms with Gasteiger partial charge in [-0.2, -0.15) is 0 Å². The van der Waals surface area contributed by atoms with Gasteiger partial charge in [0.15, 0.2) is 11.0 Å². The van der Waals surface area contributed by atoms with Crippen molar-refractivity contribution in [2.24, 2.45) is 5.92 Å². The minimum atomic E-state index is -0.0506. The third-order valence-corrected chi connectivity index (χ3v) is 3.51. The van der Waals surface area contributed by atoms with E-state index in [4.69, 9.17) is 16.0 Å². The van der Waals surface area contributed by atoms with Gasteiger partial charge in [0.25, 0.3) is 5.91 Å². The quantitative estimate of drug-likeness (QED) is 0.807. The van der Waals surface area contributed by atoms with E-state index in [0.29, 0.717) is 17.7 Å². The highest BCUT2D eigenvalue weighted by Gasteiger charge is 2.35. The predicted molar refractivity (Wildman–Crippen MR) is 59.5 cm³/mol. The summed E-state index contributed by atoms with van der Waals surface area (Å²) in [7, 11) is 0. The minimum absolute atomic E-state index is 0.0506. The lowest BCUT2D eigenvalue weighted by Crippen LogP contribution is -2.44. The number of carbonyl (C=O) groups excluding carboxylic acids is 1. The molecule has 1 aromatic rings. The van der Waals surface area contributed by atoms with Crippen LogP contribution in [0.1, 0.15) is 17.0 Å². The van der Waals surface area contributed by atoms with Crippen LogP contribution < -0.4 is 5.32 Å². The van der Waals surface area contributed by atoms with E-state index in [0.717, 1.165) is 19.6 Å². The van der Waals surface area contributed by atoms with Crippen molar-refractivity contribution in [1.82, 2.24) is 10.2 Å². The number of halogens is 1. The van der Waals surface area contributed by atoms with Crippen LogP contribution in [0.15, 0.2) is 16.5 Å². The number of nitrogens with zero attached hydrogens (tertiary/aromatic N) is 1. The van der Waals surface area contributed by atoms with Crippen LogP contribution in [0.2, 0.25) is 5.22 Å². The zero-order valence-corrected chi connectivity index (χ0v) is 9.54. The highest BCUT2D eigenvalue weighted by atomic mass is 35.5. The average molecular weight is 241 g/mol. The molecule has 3 rings (SSSR count). The van der Waals surface area contributed by atoms with Gasteiger partial charge in [0.05, 0.1) is 0 Å². The summed E-state index contributed by atoms with van der Waals surface area (Å²) >= 11 is 5.66. The van der Waals surface area contributed by atoms with Crippen LogP contribution in [0.4, 0.5) is 0 Å². The summed E-state index contributed by atoms with van der Waals surface area (Å²) in [6, 6.07) is 3.69. The van der Waals surface area contributed by atoms with Gasteiger partial charge in [0.1, 0.15) is 0 Å². The van der Waals surface area contributed by atoms with Gasteiger partial charge in [-0.1, -0.05) is 0 Å². The molecule has 16 heavy (non-hydrogen) atoms. The summed E-state index contributed by atoms with van der Waals surface area (Å²) in [5, 5.41) is 3.67. The molecule has 0 radical (unpaired) electrons. The van der Waals surface area contributed by atoms with Crippen LogP contribution in [0.5, 0.6) is 0 Å². The molecule has 1 amide bonds. The second-order valence-electron chi connectivity index (χ2n) is 4.52. The van der Waals surface area contributed by atoms with E-state index in [-0.39, 0.29) is 11.1 Å². The Bertz CT molecular complexity index is 406. The van der Waals surface area contributed by atoms with Crippen LogP contribution in [0.25, 0.3) is 0 Å². The Morgan fingerprint density at radius 1 is 1.50 bits per heavy atom. The summed E-state index contributed by atoms with van der Waals surface area (Å²) in [5.74, 6) is 0.879. The van der Waals surface area contributed by atoms with Crippen molar-refractivity contribution in [3.63, 3.8) is 0 Å². The Labute approximate surface area is 98.5 Å². The molecule has 5 heteroatoms. The van der Waals surface area contributed by atoms with Crippen LogP contribution in [-0.4, -0.2) is 36.5 Å². The maximum atomic E-state index is 12.1. The first-order valence-corrected chi connectivity index (χ1v) is 5.88. The van der Waals surface area contributed by atoms with Crippen molar-refractivity contribution >= 4 is 17.5 Å². The SMILES string of the molecule is O=C(c1ccc(Cl)o1)N1C[C@H]2CN[C@H](C2)C1. The predicted octanol–water partition coefficient (Wildman–Crippen LogP) is 1.37. The number of likely N-dealkylation sites (tertiary alicyclic amines) is 1.